The van der Waals surface area contributed by atoms with Crippen molar-refractivity contribution in [3.8, 4) is 0 Å². The van der Waals surface area contributed by atoms with Crippen LogP contribution in [0.3, 0.4) is 0 Å². The van der Waals surface area contributed by atoms with Gasteiger partial charge >= 0.3 is 5.97 Å². The van der Waals surface area contributed by atoms with Crippen LogP contribution < -0.4 is 0 Å². The quantitative estimate of drug-likeness (QED) is 0.666. The fourth-order valence-electron chi connectivity index (χ4n) is 2.88. The van der Waals surface area contributed by atoms with Crippen LogP contribution in [-0.4, -0.2) is 30.9 Å². The summed E-state index contributed by atoms with van der Waals surface area (Å²) in [5.74, 6) is -0.375. The van der Waals surface area contributed by atoms with Crippen LogP contribution in [0.2, 0.25) is 0 Å². The maximum Gasteiger partial charge on any atom is 0.303 e. The maximum atomic E-state index is 11.6. The Bertz CT molecular complexity index is 729. The Morgan fingerprint density at radius 3 is 2.22 bits per heavy atom. The normalized spacial score (nSPS) is 21.4. The molecule has 3 atom stereocenters. The fraction of sp³-hybridized carbons (Fsp3) is 0.318. The van der Waals surface area contributed by atoms with Gasteiger partial charge in [0.15, 0.2) is 12.2 Å². The zero-order valence-corrected chi connectivity index (χ0v) is 15.3. The van der Waals surface area contributed by atoms with E-state index in [0.717, 1.165) is 11.1 Å². The lowest BCUT2D eigenvalue weighted by Gasteiger charge is -2.33. The molecule has 2 aromatic carbocycles. The largest absolute Gasteiger partial charge is 0.492 e. The Hall–Kier alpha value is -2.63. The zero-order chi connectivity index (χ0) is 18.9. The highest BCUT2D eigenvalue weighted by atomic mass is 16.6. The SMILES string of the molecule is CC(=O)O[C@@H]1C(OCc2ccccc2)C=COC1COCc1ccccc1. The second-order valence-electron chi connectivity index (χ2n) is 6.34. The Kier molecular flexibility index (Phi) is 7.02. The van der Waals surface area contributed by atoms with Gasteiger partial charge in [0.1, 0.15) is 6.10 Å². The Morgan fingerprint density at radius 2 is 1.59 bits per heavy atom. The number of carbonyl (C=O) groups excluding carboxylic acids is 1. The molecule has 0 bridgehead atoms. The molecule has 0 aromatic heterocycles. The third-order valence-electron chi connectivity index (χ3n) is 4.19. The van der Waals surface area contributed by atoms with Gasteiger partial charge in [0.05, 0.1) is 26.1 Å². The van der Waals surface area contributed by atoms with Crippen LogP contribution in [0.15, 0.2) is 73.0 Å². The van der Waals surface area contributed by atoms with Gasteiger partial charge in [0.2, 0.25) is 0 Å². The molecular weight excluding hydrogens is 344 g/mol. The number of hydrogen-bond donors (Lipinski definition) is 0. The molecule has 5 nitrogen and oxygen atoms in total. The molecule has 0 fully saturated rings. The third kappa shape index (κ3) is 5.94. The van der Waals surface area contributed by atoms with Crippen molar-refractivity contribution in [2.24, 2.45) is 0 Å². The minimum absolute atomic E-state index is 0.294. The van der Waals surface area contributed by atoms with E-state index >= 15 is 0 Å². The summed E-state index contributed by atoms with van der Waals surface area (Å²) in [4.78, 5) is 11.6. The number of esters is 1. The first-order chi connectivity index (χ1) is 13.2. The molecule has 27 heavy (non-hydrogen) atoms. The Balaban J connectivity index is 1.58. The van der Waals surface area contributed by atoms with E-state index in [1.54, 1.807) is 12.3 Å². The Morgan fingerprint density at radius 1 is 0.963 bits per heavy atom. The summed E-state index contributed by atoms with van der Waals surface area (Å²) in [5.41, 5.74) is 2.13. The topological polar surface area (TPSA) is 54.0 Å². The van der Waals surface area contributed by atoms with Crippen LogP contribution >= 0.6 is 0 Å². The van der Waals surface area contributed by atoms with Crippen molar-refractivity contribution in [3.05, 3.63) is 84.1 Å². The summed E-state index contributed by atoms with van der Waals surface area (Å²) in [7, 11) is 0. The van der Waals surface area contributed by atoms with Gasteiger partial charge in [-0.25, -0.2) is 0 Å². The Labute approximate surface area is 159 Å². The predicted molar refractivity (Wildman–Crippen MR) is 101 cm³/mol. The highest BCUT2D eigenvalue weighted by molar-refractivity contribution is 5.66. The highest BCUT2D eigenvalue weighted by Crippen LogP contribution is 2.21. The van der Waals surface area contributed by atoms with Crippen molar-refractivity contribution in [3.63, 3.8) is 0 Å². The first kappa shape index (κ1) is 19.1. The van der Waals surface area contributed by atoms with Gasteiger partial charge in [0.25, 0.3) is 0 Å². The predicted octanol–water partition coefficient (Wildman–Crippen LogP) is 3.63. The van der Waals surface area contributed by atoms with Crippen LogP contribution in [0.1, 0.15) is 18.1 Å². The zero-order valence-electron chi connectivity index (χ0n) is 15.3. The lowest BCUT2D eigenvalue weighted by atomic mass is 10.1. The summed E-state index contributed by atoms with van der Waals surface area (Å²) in [5, 5.41) is 0. The van der Waals surface area contributed by atoms with E-state index < -0.39 is 18.3 Å². The van der Waals surface area contributed by atoms with Crippen molar-refractivity contribution in [1.29, 1.82) is 0 Å². The van der Waals surface area contributed by atoms with E-state index in [2.05, 4.69) is 0 Å². The molecule has 0 saturated carbocycles. The van der Waals surface area contributed by atoms with Crippen LogP contribution in [-0.2, 0) is 37.0 Å². The monoisotopic (exact) mass is 368 g/mol. The van der Waals surface area contributed by atoms with Crippen molar-refractivity contribution in [2.45, 2.75) is 38.4 Å². The summed E-state index contributed by atoms with van der Waals surface area (Å²) in [6, 6.07) is 19.7. The molecule has 1 heterocycles. The van der Waals surface area contributed by atoms with Crippen LogP contribution in [0.5, 0.6) is 0 Å². The minimum atomic E-state index is -0.563. The van der Waals surface area contributed by atoms with Gasteiger partial charge in [-0.05, 0) is 17.2 Å². The number of benzene rings is 2. The lowest BCUT2D eigenvalue weighted by molar-refractivity contribution is -0.172. The standard InChI is InChI=1S/C22H24O5/c1-17(23)27-22-20(26-15-19-10-6-3-7-11-19)12-13-25-21(22)16-24-14-18-8-4-2-5-9-18/h2-13,20-22H,14-16H2,1H3/t20?,21?,22-/m1/s1. The van der Waals surface area contributed by atoms with Crippen molar-refractivity contribution in [1.82, 2.24) is 0 Å². The molecule has 0 saturated heterocycles. The first-order valence-corrected chi connectivity index (χ1v) is 8.99. The number of hydrogen-bond acceptors (Lipinski definition) is 5. The molecule has 2 unspecified atom stereocenters. The van der Waals surface area contributed by atoms with Gasteiger partial charge in [-0.2, -0.15) is 0 Å². The molecule has 0 N–H and O–H groups in total. The van der Waals surface area contributed by atoms with Crippen LogP contribution in [0.25, 0.3) is 0 Å². The van der Waals surface area contributed by atoms with Gasteiger partial charge in [-0.1, -0.05) is 60.7 Å². The maximum absolute atomic E-state index is 11.6. The molecule has 3 rings (SSSR count). The molecule has 0 spiro atoms. The van der Waals surface area contributed by atoms with E-state index in [1.165, 1.54) is 6.92 Å². The molecule has 0 radical (unpaired) electrons. The second-order valence-corrected chi connectivity index (χ2v) is 6.34. The number of rotatable bonds is 8. The van der Waals surface area contributed by atoms with Crippen LogP contribution in [0.4, 0.5) is 0 Å². The summed E-state index contributed by atoms with van der Waals surface area (Å²) >= 11 is 0. The summed E-state index contributed by atoms with van der Waals surface area (Å²) < 4.78 is 22.9. The molecule has 1 aliphatic heterocycles. The molecule has 1 aliphatic rings. The van der Waals surface area contributed by atoms with E-state index in [-0.39, 0.29) is 5.97 Å². The fourth-order valence-corrected chi connectivity index (χ4v) is 2.88. The third-order valence-corrected chi connectivity index (χ3v) is 4.19. The molecule has 142 valence electrons. The van der Waals surface area contributed by atoms with Gasteiger partial charge in [-0.15, -0.1) is 0 Å². The summed E-state index contributed by atoms with van der Waals surface area (Å²) in [6.07, 6.45) is 1.97. The number of ether oxygens (including phenoxy) is 4. The molecular formula is C22H24O5. The van der Waals surface area contributed by atoms with Crippen molar-refractivity contribution >= 4 is 5.97 Å². The van der Waals surface area contributed by atoms with Gasteiger partial charge in [-0.3, -0.25) is 4.79 Å². The van der Waals surface area contributed by atoms with Crippen molar-refractivity contribution < 1.29 is 23.7 Å². The molecule has 0 amide bonds. The molecule has 5 heteroatoms. The van der Waals surface area contributed by atoms with Gasteiger partial charge < -0.3 is 18.9 Å². The van der Waals surface area contributed by atoms with E-state index in [9.17, 15) is 4.79 Å². The van der Waals surface area contributed by atoms with Crippen molar-refractivity contribution in [2.75, 3.05) is 6.61 Å². The first-order valence-electron chi connectivity index (χ1n) is 8.99. The highest BCUT2D eigenvalue weighted by Gasteiger charge is 2.36. The van der Waals surface area contributed by atoms with E-state index in [1.807, 2.05) is 60.7 Å². The minimum Gasteiger partial charge on any atom is -0.492 e. The smallest absolute Gasteiger partial charge is 0.303 e. The molecule has 0 aliphatic carbocycles. The lowest BCUT2D eigenvalue weighted by Crippen LogP contribution is -2.46. The average molecular weight is 368 g/mol. The number of carbonyl (C=O) groups is 1. The average Bonchev–Trinajstić information content (AvgIpc) is 2.69. The van der Waals surface area contributed by atoms with Crippen LogP contribution in [0, 0.1) is 0 Å². The second kappa shape index (κ2) is 9.90. The molecule has 2 aromatic rings. The van der Waals surface area contributed by atoms with E-state index in [0.29, 0.717) is 19.8 Å². The summed E-state index contributed by atoms with van der Waals surface area (Å²) in [6.45, 7) is 2.56. The van der Waals surface area contributed by atoms with E-state index in [4.69, 9.17) is 18.9 Å². The van der Waals surface area contributed by atoms with Gasteiger partial charge in [0, 0.05) is 6.92 Å².